The topological polar surface area (TPSA) is 53.9 Å². The second-order valence-corrected chi connectivity index (χ2v) is 8.81. The molecule has 1 aliphatic heterocycles. The standard InChI is InChI=1S/C23H29N3O2S/c1-17-4-7-20(8-5-17)24-22(27)15-25-10-12-26(13-11-25)23(28)16-29-21-9-6-18(2)19(3)14-21/h4-9,14H,10-13,15-16H2,1-3H3,(H,24,27)/p+1. The van der Waals surface area contributed by atoms with Crippen LogP contribution in [0.5, 0.6) is 0 Å². The summed E-state index contributed by atoms with van der Waals surface area (Å²) >= 11 is 1.60. The Hall–Kier alpha value is -2.31. The number of rotatable bonds is 6. The number of quaternary nitrogens is 1. The number of aryl methyl sites for hydroxylation is 3. The Morgan fingerprint density at radius 1 is 1.00 bits per heavy atom. The zero-order valence-electron chi connectivity index (χ0n) is 17.5. The van der Waals surface area contributed by atoms with Crippen LogP contribution in [0, 0.1) is 20.8 Å². The van der Waals surface area contributed by atoms with Crippen LogP contribution in [-0.2, 0) is 9.59 Å². The van der Waals surface area contributed by atoms with Gasteiger partial charge in [-0.3, -0.25) is 9.59 Å². The van der Waals surface area contributed by atoms with Crippen LogP contribution in [0.25, 0.3) is 0 Å². The molecule has 1 aliphatic rings. The number of piperazine rings is 1. The summed E-state index contributed by atoms with van der Waals surface area (Å²) in [4.78, 5) is 29.1. The van der Waals surface area contributed by atoms with Crippen molar-refractivity contribution in [2.45, 2.75) is 25.7 Å². The van der Waals surface area contributed by atoms with Gasteiger partial charge in [0, 0.05) is 10.6 Å². The molecule has 0 saturated carbocycles. The number of nitrogens with one attached hydrogen (secondary N) is 2. The van der Waals surface area contributed by atoms with Gasteiger partial charge in [-0.05, 0) is 56.2 Å². The van der Waals surface area contributed by atoms with Gasteiger partial charge in [0.1, 0.15) is 0 Å². The van der Waals surface area contributed by atoms with E-state index in [0.717, 1.165) is 23.7 Å². The molecule has 6 heteroatoms. The van der Waals surface area contributed by atoms with Crippen molar-refractivity contribution < 1.29 is 14.5 Å². The lowest BCUT2D eigenvalue weighted by atomic mass is 10.1. The zero-order chi connectivity index (χ0) is 20.8. The molecule has 2 aromatic carbocycles. The van der Waals surface area contributed by atoms with Crippen molar-refractivity contribution in [1.82, 2.24) is 4.90 Å². The summed E-state index contributed by atoms with van der Waals surface area (Å²) in [5.74, 6) is 0.663. The molecule has 29 heavy (non-hydrogen) atoms. The molecule has 0 bridgehead atoms. The molecule has 1 fully saturated rings. The Kier molecular flexibility index (Phi) is 7.34. The molecule has 0 aromatic heterocycles. The Balaban J connectivity index is 1.40. The lowest BCUT2D eigenvalue weighted by molar-refractivity contribution is -0.895. The highest BCUT2D eigenvalue weighted by atomic mass is 32.2. The van der Waals surface area contributed by atoms with E-state index in [1.807, 2.05) is 36.1 Å². The molecular formula is C23H30N3O2S+. The highest BCUT2D eigenvalue weighted by Gasteiger charge is 2.25. The van der Waals surface area contributed by atoms with Crippen molar-refractivity contribution in [1.29, 1.82) is 0 Å². The van der Waals surface area contributed by atoms with E-state index in [-0.39, 0.29) is 11.8 Å². The molecule has 1 heterocycles. The van der Waals surface area contributed by atoms with E-state index in [1.54, 1.807) is 11.8 Å². The largest absolute Gasteiger partial charge is 0.331 e. The summed E-state index contributed by atoms with van der Waals surface area (Å²) in [5.41, 5.74) is 4.53. The molecule has 5 nitrogen and oxygen atoms in total. The smallest absolute Gasteiger partial charge is 0.279 e. The van der Waals surface area contributed by atoms with Crippen molar-refractivity contribution in [2.24, 2.45) is 0 Å². The van der Waals surface area contributed by atoms with Gasteiger partial charge in [-0.25, -0.2) is 0 Å². The Bertz CT molecular complexity index is 859. The van der Waals surface area contributed by atoms with Crippen LogP contribution in [-0.4, -0.2) is 55.2 Å². The monoisotopic (exact) mass is 412 g/mol. The van der Waals surface area contributed by atoms with Crippen molar-refractivity contribution in [3.05, 3.63) is 59.2 Å². The van der Waals surface area contributed by atoms with Gasteiger partial charge in [-0.15, -0.1) is 11.8 Å². The van der Waals surface area contributed by atoms with E-state index in [0.29, 0.717) is 25.4 Å². The average molecular weight is 413 g/mol. The number of benzene rings is 2. The second kappa shape index (κ2) is 9.94. The fourth-order valence-electron chi connectivity index (χ4n) is 3.36. The van der Waals surface area contributed by atoms with E-state index >= 15 is 0 Å². The minimum Gasteiger partial charge on any atom is -0.331 e. The number of thioether (sulfide) groups is 1. The van der Waals surface area contributed by atoms with Crippen LogP contribution >= 0.6 is 11.8 Å². The molecule has 0 atom stereocenters. The fraction of sp³-hybridized carbons (Fsp3) is 0.391. The summed E-state index contributed by atoms with van der Waals surface area (Å²) in [5, 5.41) is 2.95. The Labute approximate surface area is 177 Å². The van der Waals surface area contributed by atoms with Gasteiger partial charge in [0.15, 0.2) is 6.54 Å². The maximum Gasteiger partial charge on any atom is 0.279 e. The van der Waals surface area contributed by atoms with Gasteiger partial charge in [-0.2, -0.15) is 0 Å². The van der Waals surface area contributed by atoms with Crippen LogP contribution in [0.2, 0.25) is 0 Å². The molecule has 2 N–H and O–H groups in total. The number of carbonyl (C=O) groups excluding carboxylic acids is 2. The normalized spacial score (nSPS) is 14.7. The minimum absolute atomic E-state index is 0.0222. The minimum atomic E-state index is 0.0222. The maximum absolute atomic E-state index is 12.5. The van der Waals surface area contributed by atoms with Gasteiger partial charge >= 0.3 is 0 Å². The highest BCUT2D eigenvalue weighted by Crippen LogP contribution is 2.21. The number of nitrogens with zero attached hydrogens (tertiary/aromatic N) is 1. The summed E-state index contributed by atoms with van der Waals surface area (Å²) in [7, 11) is 0. The number of amides is 2. The average Bonchev–Trinajstić information content (AvgIpc) is 2.71. The third-order valence-corrected chi connectivity index (χ3v) is 6.39. The number of hydrogen-bond donors (Lipinski definition) is 2. The molecule has 0 aliphatic carbocycles. The highest BCUT2D eigenvalue weighted by molar-refractivity contribution is 8.00. The summed E-state index contributed by atoms with van der Waals surface area (Å²) < 4.78 is 0. The molecule has 2 amide bonds. The molecule has 0 unspecified atom stereocenters. The van der Waals surface area contributed by atoms with Crippen LogP contribution in [0.1, 0.15) is 16.7 Å². The molecule has 0 spiro atoms. The van der Waals surface area contributed by atoms with E-state index in [2.05, 4.69) is 37.4 Å². The van der Waals surface area contributed by atoms with Crippen LogP contribution in [0.3, 0.4) is 0 Å². The van der Waals surface area contributed by atoms with E-state index < -0.39 is 0 Å². The van der Waals surface area contributed by atoms with Gasteiger partial charge in [-0.1, -0.05) is 23.8 Å². The lowest BCUT2D eigenvalue weighted by Gasteiger charge is -2.31. The Morgan fingerprint density at radius 3 is 2.34 bits per heavy atom. The summed E-state index contributed by atoms with van der Waals surface area (Å²) in [6, 6.07) is 14.1. The molecule has 3 rings (SSSR count). The number of anilines is 1. The van der Waals surface area contributed by atoms with Crippen molar-refractivity contribution >= 4 is 29.3 Å². The lowest BCUT2D eigenvalue weighted by Crippen LogP contribution is -3.15. The van der Waals surface area contributed by atoms with Gasteiger partial charge in [0.05, 0.1) is 31.9 Å². The van der Waals surface area contributed by atoms with Gasteiger partial charge < -0.3 is 15.1 Å². The zero-order valence-corrected chi connectivity index (χ0v) is 18.3. The number of carbonyl (C=O) groups is 2. The van der Waals surface area contributed by atoms with E-state index in [4.69, 9.17) is 0 Å². The third-order valence-electron chi connectivity index (χ3n) is 5.41. The predicted molar refractivity (Wildman–Crippen MR) is 119 cm³/mol. The Morgan fingerprint density at radius 2 is 1.69 bits per heavy atom. The summed E-state index contributed by atoms with van der Waals surface area (Å²) in [6.45, 7) is 9.68. The predicted octanol–water partition coefficient (Wildman–Crippen LogP) is 2.07. The summed E-state index contributed by atoms with van der Waals surface area (Å²) in [6.07, 6.45) is 0. The van der Waals surface area contributed by atoms with E-state index in [9.17, 15) is 9.59 Å². The maximum atomic E-state index is 12.5. The van der Waals surface area contributed by atoms with Crippen molar-refractivity contribution in [3.8, 4) is 0 Å². The van der Waals surface area contributed by atoms with Crippen LogP contribution in [0.15, 0.2) is 47.4 Å². The molecular weight excluding hydrogens is 382 g/mol. The first-order valence-electron chi connectivity index (χ1n) is 10.1. The van der Waals surface area contributed by atoms with Crippen molar-refractivity contribution in [2.75, 3.05) is 43.8 Å². The van der Waals surface area contributed by atoms with Crippen molar-refractivity contribution in [3.63, 3.8) is 0 Å². The van der Waals surface area contributed by atoms with Crippen LogP contribution in [0.4, 0.5) is 5.69 Å². The van der Waals surface area contributed by atoms with E-state index in [1.165, 1.54) is 21.6 Å². The SMILES string of the molecule is Cc1ccc(NC(=O)C[NH+]2CCN(C(=O)CSc3ccc(C)c(C)c3)CC2)cc1. The van der Waals surface area contributed by atoms with Gasteiger partial charge in [0.25, 0.3) is 5.91 Å². The molecule has 0 radical (unpaired) electrons. The van der Waals surface area contributed by atoms with Crippen LogP contribution < -0.4 is 10.2 Å². The molecule has 154 valence electrons. The first kappa shape index (κ1) is 21.4. The third kappa shape index (κ3) is 6.34. The first-order valence-corrected chi connectivity index (χ1v) is 11.1. The first-order chi connectivity index (χ1) is 13.9. The molecule has 1 saturated heterocycles. The van der Waals surface area contributed by atoms with Gasteiger partial charge in [0.2, 0.25) is 5.91 Å². The fourth-order valence-corrected chi connectivity index (χ4v) is 4.26. The molecule has 2 aromatic rings. The number of hydrogen-bond acceptors (Lipinski definition) is 3. The second-order valence-electron chi connectivity index (χ2n) is 7.76. The quantitative estimate of drug-likeness (QED) is 0.715.